The Bertz CT molecular complexity index is 1500. The first-order chi connectivity index (χ1) is 18.0. The van der Waals surface area contributed by atoms with E-state index in [2.05, 4.69) is 42.5 Å². The Morgan fingerprint density at radius 2 is 1.76 bits per heavy atom. The van der Waals surface area contributed by atoms with E-state index >= 15 is 0 Å². The number of hydrogen-bond acceptors (Lipinski definition) is 5. The molecule has 1 saturated heterocycles. The van der Waals surface area contributed by atoms with Crippen LogP contribution >= 0.6 is 43.5 Å². The lowest BCUT2D eigenvalue weighted by Crippen LogP contribution is -2.54. The average molecular weight is 662 g/mol. The van der Waals surface area contributed by atoms with Crippen molar-refractivity contribution < 1.29 is 23.9 Å². The normalized spacial score (nSPS) is 14.5. The van der Waals surface area contributed by atoms with Crippen molar-refractivity contribution in [3.05, 3.63) is 90.8 Å². The fourth-order valence-electron chi connectivity index (χ4n) is 3.64. The Morgan fingerprint density at radius 3 is 2.42 bits per heavy atom. The Morgan fingerprint density at radius 1 is 1.05 bits per heavy atom. The van der Waals surface area contributed by atoms with Crippen molar-refractivity contribution in [3.8, 4) is 5.75 Å². The first kappa shape index (κ1) is 27.6. The number of carbonyl (C=O) groups excluding carboxylic acids is 4. The molecule has 0 spiro atoms. The predicted octanol–water partition coefficient (Wildman–Crippen LogP) is 6.17. The predicted molar refractivity (Wildman–Crippen MR) is 152 cm³/mol. The van der Waals surface area contributed by atoms with Crippen LogP contribution in [0.1, 0.15) is 16.7 Å². The van der Waals surface area contributed by atoms with Crippen LogP contribution in [0.25, 0.3) is 6.08 Å². The van der Waals surface area contributed by atoms with Gasteiger partial charge in [-0.05, 0) is 105 Å². The smallest absolute Gasteiger partial charge is 0.335 e. The monoisotopic (exact) mass is 659 g/mol. The van der Waals surface area contributed by atoms with Crippen LogP contribution in [0.3, 0.4) is 0 Å². The van der Waals surface area contributed by atoms with Gasteiger partial charge in [0, 0.05) is 10.7 Å². The maximum atomic E-state index is 13.2. The number of nitrogens with one attached hydrogen (secondary N) is 2. The van der Waals surface area contributed by atoms with Gasteiger partial charge in [0.15, 0.2) is 6.61 Å². The molecule has 1 aliphatic rings. The van der Waals surface area contributed by atoms with E-state index in [9.17, 15) is 19.2 Å². The molecule has 0 unspecified atom stereocenters. The fourth-order valence-corrected chi connectivity index (χ4v) is 5.26. The van der Waals surface area contributed by atoms with Gasteiger partial charge in [0.25, 0.3) is 17.7 Å². The van der Waals surface area contributed by atoms with Crippen LogP contribution in [0.15, 0.2) is 69.1 Å². The SMILES string of the molecule is Cc1cccc(NC(=O)COc2c(Br)cc(/C=C3\C(=O)NC(=O)N(c4ccc(C)c(Cl)c4)C3=O)cc2Br)c1. The summed E-state index contributed by atoms with van der Waals surface area (Å²) in [7, 11) is 0. The third kappa shape index (κ3) is 6.15. The first-order valence-corrected chi connectivity index (χ1v) is 13.2. The summed E-state index contributed by atoms with van der Waals surface area (Å²) in [4.78, 5) is 51.4. The van der Waals surface area contributed by atoms with Crippen LogP contribution in [0.5, 0.6) is 5.75 Å². The van der Waals surface area contributed by atoms with Crippen molar-refractivity contribution in [2.75, 3.05) is 16.8 Å². The number of amides is 5. The van der Waals surface area contributed by atoms with Gasteiger partial charge in [-0.3, -0.25) is 19.7 Å². The minimum absolute atomic E-state index is 0.233. The fraction of sp³-hybridized carbons (Fsp3) is 0.111. The maximum Gasteiger partial charge on any atom is 0.335 e. The van der Waals surface area contributed by atoms with Crippen LogP contribution in [-0.4, -0.2) is 30.4 Å². The average Bonchev–Trinajstić information content (AvgIpc) is 2.83. The molecule has 5 amide bonds. The second-order valence-corrected chi connectivity index (χ2v) is 10.5. The number of carbonyl (C=O) groups is 4. The lowest BCUT2D eigenvalue weighted by molar-refractivity contribution is -0.122. The van der Waals surface area contributed by atoms with Crippen molar-refractivity contribution in [3.63, 3.8) is 0 Å². The summed E-state index contributed by atoms with van der Waals surface area (Å²) >= 11 is 13.0. The lowest BCUT2D eigenvalue weighted by Gasteiger charge is -2.26. The summed E-state index contributed by atoms with van der Waals surface area (Å²) in [5.74, 6) is -1.60. The van der Waals surface area contributed by atoms with Crippen LogP contribution in [0.4, 0.5) is 16.2 Å². The van der Waals surface area contributed by atoms with E-state index in [0.29, 0.717) is 31.0 Å². The number of imide groups is 2. The highest BCUT2D eigenvalue weighted by Gasteiger charge is 2.37. The van der Waals surface area contributed by atoms with Gasteiger partial charge in [0.05, 0.1) is 14.6 Å². The van der Waals surface area contributed by atoms with Crippen LogP contribution in [0, 0.1) is 13.8 Å². The number of anilines is 2. The minimum atomic E-state index is -0.868. The van der Waals surface area contributed by atoms with E-state index in [1.165, 1.54) is 12.1 Å². The third-order valence-corrected chi connectivity index (χ3v) is 7.08. The van der Waals surface area contributed by atoms with E-state index in [0.717, 1.165) is 16.0 Å². The number of urea groups is 1. The molecule has 0 atom stereocenters. The zero-order valence-electron chi connectivity index (χ0n) is 20.1. The number of halogens is 3. The van der Waals surface area contributed by atoms with E-state index in [-0.39, 0.29) is 23.8 Å². The molecule has 4 rings (SSSR count). The van der Waals surface area contributed by atoms with Crippen LogP contribution < -0.4 is 20.3 Å². The summed E-state index contributed by atoms with van der Waals surface area (Å²) in [6.45, 7) is 3.47. The molecule has 0 bridgehead atoms. The molecule has 1 fully saturated rings. The first-order valence-electron chi connectivity index (χ1n) is 11.2. The molecule has 11 heteroatoms. The van der Waals surface area contributed by atoms with Crippen molar-refractivity contribution >= 4 is 84.7 Å². The lowest BCUT2D eigenvalue weighted by atomic mass is 10.1. The number of ether oxygens (including phenoxy) is 1. The molecule has 38 heavy (non-hydrogen) atoms. The highest BCUT2D eigenvalue weighted by molar-refractivity contribution is 9.11. The molecular weight excluding hydrogens is 642 g/mol. The zero-order valence-corrected chi connectivity index (χ0v) is 24.0. The van der Waals surface area contributed by atoms with E-state index < -0.39 is 17.8 Å². The highest BCUT2D eigenvalue weighted by atomic mass is 79.9. The minimum Gasteiger partial charge on any atom is -0.481 e. The van der Waals surface area contributed by atoms with Gasteiger partial charge in [0.1, 0.15) is 11.3 Å². The van der Waals surface area contributed by atoms with Crippen molar-refractivity contribution in [2.24, 2.45) is 0 Å². The second-order valence-electron chi connectivity index (χ2n) is 8.41. The molecule has 1 aliphatic heterocycles. The Balaban J connectivity index is 1.53. The number of aryl methyl sites for hydroxylation is 2. The standard InChI is InChI=1S/C27H20Br2ClN3O5/c1-14-4-3-5-17(8-14)31-23(34)13-38-24-20(28)10-16(11-21(24)29)9-19-25(35)32-27(37)33(26(19)36)18-7-6-15(2)22(30)12-18/h3-12H,13H2,1-2H3,(H,31,34)(H,32,35,37)/b19-9+. The van der Waals surface area contributed by atoms with E-state index in [1.807, 2.05) is 25.1 Å². The number of hydrogen-bond donors (Lipinski definition) is 2. The van der Waals surface area contributed by atoms with Gasteiger partial charge in [-0.2, -0.15) is 0 Å². The molecule has 3 aromatic rings. The van der Waals surface area contributed by atoms with Gasteiger partial charge in [-0.25, -0.2) is 9.69 Å². The molecule has 2 N–H and O–H groups in total. The largest absolute Gasteiger partial charge is 0.481 e. The van der Waals surface area contributed by atoms with Crippen molar-refractivity contribution in [1.82, 2.24) is 5.32 Å². The van der Waals surface area contributed by atoms with E-state index in [1.54, 1.807) is 37.3 Å². The third-order valence-electron chi connectivity index (χ3n) is 5.50. The molecule has 1 heterocycles. The Hall–Kier alpha value is -3.47. The van der Waals surface area contributed by atoms with E-state index in [4.69, 9.17) is 16.3 Å². The highest BCUT2D eigenvalue weighted by Crippen LogP contribution is 2.36. The van der Waals surface area contributed by atoms with Crippen LogP contribution in [0.2, 0.25) is 5.02 Å². The molecule has 0 aliphatic carbocycles. The van der Waals surface area contributed by atoms with Gasteiger partial charge in [0.2, 0.25) is 0 Å². The summed E-state index contributed by atoms with van der Waals surface area (Å²) in [6.07, 6.45) is 1.36. The number of barbiturate groups is 1. The quantitative estimate of drug-likeness (QED) is 0.243. The maximum absolute atomic E-state index is 13.2. The number of rotatable bonds is 6. The summed E-state index contributed by atoms with van der Waals surface area (Å²) in [5, 5.41) is 5.33. The topological polar surface area (TPSA) is 105 Å². The molecule has 3 aromatic carbocycles. The van der Waals surface area contributed by atoms with Gasteiger partial charge in [-0.15, -0.1) is 0 Å². The van der Waals surface area contributed by atoms with Crippen LogP contribution in [-0.2, 0) is 14.4 Å². The Labute approximate surface area is 240 Å². The number of nitrogens with zero attached hydrogens (tertiary/aromatic N) is 1. The van der Waals surface area contributed by atoms with Crippen molar-refractivity contribution in [2.45, 2.75) is 13.8 Å². The molecule has 194 valence electrons. The number of benzene rings is 3. The molecule has 0 aromatic heterocycles. The molecular formula is C27H20Br2ClN3O5. The van der Waals surface area contributed by atoms with Crippen molar-refractivity contribution in [1.29, 1.82) is 0 Å². The van der Waals surface area contributed by atoms with Gasteiger partial charge < -0.3 is 10.1 Å². The zero-order chi connectivity index (χ0) is 27.6. The molecule has 0 radical (unpaired) electrons. The summed E-state index contributed by atoms with van der Waals surface area (Å²) in [5.41, 5.74) is 2.91. The summed E-state index contributed by atoms with van der Waals surface area (Å²) < 4.78 is 6.64. The molecule has 0 saturated carbocycles. The Kier molecular flexibility index (Phi) is 8.35. The van der Waals surface area contributed by atoms with Gasteiger partial charge >= 0.3 is 6.03 Å². The molecule has 8 nitrogen and oxygen atoms in total. The summed E-state index contributed by atoms with van der Waals surface area (Å²) in [6, 6.07) is 14.5. The second kappa shape index (κ2) is 11.5. The van der Waals surface area contributed by atoms with Gasteiger partial charge in [-0.1, -0.05) is 29.8 Å².